The zero-order chi connectivity index (χ0) is 30.1. The summed E-state index contributed by atoms with van der Waals surface area (Å²) in [5.41, 5.74) is 10.0. The van der Waals surface area contributed by atoms with Crippen molar-refractivity contribution in [2.24, 2.45) is 0 Å². The van der Waals surface area contributed by atoms with Gasteiger partial charge in [-0.1, -0.05) is 56.0 Å². The lowest BCUT2D eigenvalue weighted by atomic mass is 10.0. The van der Waals surface area contributed by atoms with Gasteiger partial charge in [0.1, 0.15) is 5.56 Å². The van der Waals surface area contributed by atoms with E-state index < -0.39 is 11.9 Å². The fourth-order valence-electron chi connectivity index (χ4n) is 5.07. The number of nitrogens with zero attached hydrogens (tertiary/aromatic N) is 5. The summed E-state index contributed by atoms with van der Waals surface area (Å²) in [6.45, 7) is 5.89. The summed E-state index contributed by atoms with van der Waals surface area (Å²) in [7, 11) is 0. The van der Waals surface area contributed by atoms with Gasteiger partial charge in [0.15, 0.2) is 11.5 Å². The number of hydrogen-bond acceptors (Lipinski definition) is 6. The molecule has 4 aromatic heterocycles. The van der Waals surface area contributed by atoms with Crippen LogP contribution < -0.4 is 16.6 Å². The van der Waals surface area contributed by atoms with Crippen LogP contribution in [0, 0.1) is 11.8 Å². The lowest BCUT2D eigenvalue weighted by Crippen LogP contribution is -2.32. The standard InChI is InChI=1S/C34H29N7O2/c1-21(2)27-16-19-40-32(38-27)30(31(35)39-40)33(42)37-22(3)28-20-25-9-7-8-24(13-12-23-14-17-36-18-15-23)29(25)34(43)41(28)26-10-5-4-6-11-26/h4-11,14-22H,1-3H3,(H2,35,39)(H,37,42)/t22-/m1/s1. The van der Waals surface area contributed by atoms with Gasteiger partial charge in [-0.05, 0) is 60.7 Å². The summed E-state index contributed by atoms with van der Waals surface area (Å²) >= 11 is 0. The molecular formula is C34H29N7O2. The van der Waals surface area contributed by atoms with Crippen LogP contribution in [0.2, 0.25) is 0 Å². The van der Waals surface area contributed by atoms with Gasteiger partial charge in [0.05, 0.1) is 11.4 Å². The number of anilines is 1. The van der Waals surface area contributed by atoms with E-state index in [0.717, 1.165) is 11.3 Å². The second kappa shape index (κ2) is 11.3. The minimum absolute atomic E-state index is 0.0782. The average molecular weight is 568 g/mol. The van der Waals surface area contributed by atoms with Gasteiger partial charge >= 0.3 is 0 Å². The lowest BCUT2D eigenvalue weighted by Gasteiger charge is -2.21. The van der Waals surface area contributed by atoms with Crippen LogP contribution in [0.25, 0.3) is 22.1 Å². The summed E-state index contributed by atoms with van der Waals surface area (Å²) in [6, 6.07) is 21.8. The van der Waals surface area contributed by atoms with Gasteiger partial charge < -0.3 is 11.1 Å². The summed E-state index contributed by atoms with van der Waals surface area (Å²) in [5, 5.41) is 8.53. The first-order valence-corrected chi connectivity index (χ1v) is 13.9. The number of para-hydroxylation sites is 1. The molecule has 2 aromatic carbocycles. The third kappa shape index (κ3) is 5.22. The smallest absolute Gasteiger partial charge is 0.264 e. The number of aromatic nitrogens is 5. The summed E-state index contributed by atoms with van der Waals surface area (Å²) in [6.07, 6.45) is 5.11. The van der Waals surface area contributed by atoms with Crippen molar-refractivity contribution < 1.29 is 4.79 Å². The largest absolute Gasteiger partial charge is 0.381 e. The van der Waals surface area contributed by atoms with Crippen molar-refractivity contribution in [3.63, 3.8) is 0 Å². The van der Waals surface area contributed by atoms with Crippen LogP contribution >= 0.6 is 0 Å². The normalized spacial score (nSPS) is 11.8. The van der Waals surface area contributed by atoms with Crippen LogP contribution in [0.15, 0.2) is 96.2 Å². The number of nitrogen functional groups attached to an aromatic ring is 1. The third-order valence-corrected chi connectivity index (χ3v) is 7.26. The third-order valence-electron chi connectivity index (χ3n) is 7.26. The number of pyridine rings is 2. The summed E-state index contributed by atoms with van der Waals surface area (Å²) < 4.78 is 3.13. The molecule has 9 heteroatoms. The van der Waals surface area contributed by atoms with Crippen LogP contribution in [0.4, 0.5) is 5.82 Å². The van der Waals surface area contributed by atoms with Gasteiger partial charge in [0.2, 0.25) is 0 Å². The first kappa shape index (κ1) is 27.4. The predicted molar refractivity (Wildman–Crippen MR) is 167 cm³/mol. The first-order chi connectivity index (χ1) is 20.8. The molecule has 0 aliphatic carbocycles. The maximum Gasteiger partial charge on any atom is 0.264 e. The van der Waals surface area contributed by atoms with E-state index in [-0.39, 0.29) is 22.9 Å². The molecule has 0 saturated carbocycles. The van der Waals surface area contributed by atoms with Crippen molar-refractivity contribution >= 4 is 28.1 Å². The monoisotopic (exact) mass is 567 g/mol. The molecule has 4 heterocycles. The molecule has 1 atom stereocenters. The number of hydrogen-bond donors (Lipinski definition) is 2. The number of fused-ring (bicyclic) bond motifs is 2. The second-order valence-electron chi connectivity index (χ2n) is 10.5. The SMILES string of the molecule is CC(C)c1ccn2nc(N)c(C(=O)N[C@H](C)c3cc4cccc(C#Cc5ccncc5)c4c(=O)n3-c3ccccc3)c2n1. The Hall–Kier alpha value is -5.75. The predicted octanol–water partition coefficient (Wildman–Crippen LogP) is 5.02. The molecule has 212 valence electrons. The van der Waals surface area contributed by atoms with Gasteiger partial charge in [0, 0.05) is 46.8 Å². The van der Waals surface area contributed by atoms with E-state index >= 15 is 0 Å². The molecule has 0 bridgehead atoms. The first-order valence-electron chi connectivity index (χ1n) is 13.9. The van der Waals surface area contributed by atoms with Crippen LogP contribution in [0.3, 0.4) is 0 Å². The van der Waals surface area contributed by atoms with E-state index in [4.69, 9.17) is 5.73 Å². The van der Waals surface area contributed by atoms with E-state index in [0.29, 0.717) is 33.4 Å². The number of carbonyl (C=O) groups is 1. The average Bonchev–Trinajstić information content (AvgIpc) is 3.35. The van der Waals surface area contributed by atoms with Crippen LogP contribution in [0.1, 0.15) is 65.6 Å². The van der Waals surface area contributed by atoms with E-state index in [1.54, 1.807) is 23.2 Å². The van der Waals surface area contributed by atoms with E-state index in [1.165, 1.54) is 4.52 Å². The Kier molecular flexibility index (Phi) is 7.18. The van der Waals surface area contributed by atoms with E-state index in [2.05, 4.69) is 32.2 Å². The van der Waals surface area contributed by atoms with Crippen LogP contribution in [0.5, 0.6) is 0 Å². The van der Waals surface area contributed by atoms with Gasteiger partial charge in [0.25, 0.3) is 11.5 Å². The minimum atomic E-state index is -0.584. The highest BCUT2D eigenvalue weighted by atomic mass is 16.2. The highest BCUT2D eigenvalue weighted by Crippen LogP contribution is 2.25. The maximum absolute atomic E-state index is 14.3. The molecule has 3 N–H and O–H groups in total. The maximum atomic E-state index is 14.3. The van der Waals surface area contributed by atoms with Gasteiger partial charge in [-0.15, -0.1) is 5.10 Å². The number of benzene rings is 2. The zero-order valence-electron chi connectivity index (χ0n) is 23.9. The molecule has 0 aliphatic rings. The van der Waals surface area contributed by atoms with Crippen molar-refractivity contribution in [3.8, 4) is 17.5 Å². The van der Waals surface area contributed by atoms with Crippen molar-refractivity contribution in [3.05, 3.63) is 130 Å². The van der Waals surface area contributed by atoms with E-state index in [1.807, 2.05) is 93.6 Å². The Morgan fingerprint density at radius 1 is 0.953 bits per heavy atom. The van der Waals surface area contributed by atoms with Crippen molar-refractivity contribution in [2.45, 2.75) is 32.7 Å². The highest BCUT2D eigenvalue weighted by molar-refractivity contribution is 6.04. The Morgan fingerprint density at radius 3 is 2.47 bits per heavy atom. The molecule has 43 heavy (non-hydrogen) atoms. The Morgan fingerprint density at radius 2 is 1.72 bits per heavy atom. The fraction of sp³-hybridized carbons (Fsp3) is 0.147. The quantitative estimate of drug-likeness (QED) is 0.282. The number of rotatable bonds is 5. The van der Waals surface area contributed by atoms with Crippen molar-refractivity contribution in [2.75, 3.05) is 5.73 Å². The summed E-state index contributed by atoms with van der Waals surface area (Å²) in [4.78, 5) is 36.6. The number of nitrogens with two attached hydrogens (primary N) is 1. The zero-order valence-corrected chi connectivity index (χ0v) is 23.9. The number of nitrogens with one attached hydrogen (secondary N) is 1. The molecule has 6 aromatic rings. The van der Waals surface area contributed by atoms with Crippen molar-refractivity contribution in [1.82, 2.24) is 29.5 Å². The molecule has 0 unspecified atom stereocenters. The van der Waals surface area contributed by atoms with Gasteiger partial charge in [-0.25, -0.2) is 9.50 Å². The molecule has 0 aliphatic heterocycles. The van der Waals surface area contributed by atoms with Gasteiger partial charge in [-0.3, -0.25) is 19.1 Å². The van der Waals surface area contributed by atoms with Crippen molar-refractivity contribution in [1.29, 1.82) is 0 Å². The number of carbonyl (C=O) groups excluding carboxylic acids is 1. The van der Waals surface area contributed by atoms with E-state index in [9.17, 15) is 9.59 Å². The molecule has 0 spiro atoms. The minimum Gasteiger partial charge on any atom is -0.381 e. The second-order valence-corrected chi connectivity index (χ2v) is 10.5. The molecule has 0 fully saturated rings. The molecule has 1 amide bonds. The lowest BCUT2D eigenvalue weighted by molar-refractivity contribution is 0.0941. The molecule has 9 nitrogen and oxygen atoms in total. The Bertz CT molecular complexity index is 2100. The molecule has 6 rings (SSSR count). The topological polar surface area (TPSA) is 120 Å². The van der Waals surface area contributed by atoms with Gasteiger partial charge in [-0.2, -0.15) is 0 Å². The van der Waals surface area contributed by atoms with Crippen LogP contribution in [-0.2, 0) is 0 Å². The molecular weight excluding hydrogens is 538 g/mol. The number of amides is 1. The Labute approximate surface area is 248 Å². The van der Waals surface area contributed by atoms with Crippen LogP contribution in [-0.4, -0.2) is 30.1 Å². The molecule has 0 saturated heterocycles. The Balaban J connectivity index is 1.46. The fourth-order valence-corrected chi connectivity index (χ4v) is 5.07. The highest BCUT2D eigenvalue weighted by Gasteiger charge is 2.24. The summed E-state index contributed by atoms with van der Waals surface area (Å²) in [5.74, 6) is 6.10. The molecule has 0 radical (unpaired) electrons.